The topological polar surface area (TPSA) is 87.2 Å². The molecule has 1 atom stereocenters. The lowest BCUT2D eigenvalue weighted by molar-refractivity contribution is -0.0498. The summed E-state index contributed by atoms with van der Waals surface area (Å²) in [5.41, 5.74) is 5.27. The second kappa shape index (κ2) is 10.3. The quantitative estimate of drug-likeness (QED) is 0.250. The molecule has 0 saturated carbocycles. The van der Waals surface area contributed by atoms with Gasteiger partial charge in [-0.25, -0.2) is 13.4 Å². The first kappa shape index (κ1) is 26.6. The Bertz CT molecular complexity index is 1570. The normalized spacial score (nSPS) is 16.8. The molecule has 0 spiro atoms. The minimum atomic E-state index is -3.04. The van der Waals surface area contributed by atoms with Gasteiger partial charge >= 0.3 is 6.61 Å². The molecule has 3 heterocycles. The Hall–Kier alpha value is -2.98. The van der Waals surface area contributed by atoms with Crippen LogP contribution in [0.1, 0.15) is 54.6 Å². The summed E-state index contributed by atoms with van der Waals surface area (Å²) in [6, 6.07) is 10.8. The third-order valence-electron chi connectivity index (χ3n) is 7.12. The minimum Gasteiger partial charge on any atom is -0.433 e. The molecular weight excluding hydrogens is 536 g/mol. The highest BCUT2D eigenvalue weighted by Crippen LogP contribution is 2.37. The Labute approximate surface area is 224 Å². The van der Waals surface area contributed by atoms with Gasteiger partial charge in [-0.15, -0.1) is 0 Å². The van der Waals surface area contributed by atoms with E-state index in [9.17, 15) is 17.2 Å². The fraction of sp³-hybridized carbons (Fsp3) is 0.407. The van der Waals surface area contributed by atoms with Crippen molar-refractivity contribution < 1.29 is 26.5 Å². The number of nitrogens with zero attached hydrogens (tertiary/aromatic N) is 3. The van der Waals surface area contributed by atoms with E-state index in [-0.39, 0.29) is 34.2 Å². The zero-order valence-corrected chi connectivity index (χ0v) is 22.8. The Morgan fingerprint density at radius 1 is 1.16 bits per heavy atom. The van der Waals surface area contributed by atoms with E-state index < -0.39 is 16.4 Å². The molecule has 38 heavy (non-hydrogen) atoms. The zero-order chi connectivity index (χ0) is 27.2. The molecule has 1 saturated heterocycles. The predicted molar refractivity (Wildman–Crippen MR) is 142 cm³/mol. The molecule has 5 rings (SSSR count). The number of halogens is 3. The van der Waals surface area contributed by atoms with Gasteiger partial charge in [-0.3, -0.25) is 0 Å². The van der Waals surface area contributed by atoms with Gasteiger partial charge in [0, 0.05) is 17.5 Å². The number of alkyl halides is 2. The van der Waals surface area contributed by atoms with Gasteiger partial charge in [0.15, 0.2) is 0 Å². The van der Waals surface area contributed by atoms with Crippen LogP contribution in [0.3, 0.4) is 0 Å². The van der Waals surface area contributed by atoms with Gasteiger partial charge in [0.25, 0.3) is 0 Å². The summed E-state index contributed by atoms with van der Waals surface area (Å²) < 4.78 is 61.5. The third kappa shape index (κ3) is 5.29. The summed E-state index contributed by atoms with van der Waals surface area (Å²) in [5, 5.41) is 4.18. The lowest BCUT2D eigenvalue weighted by atomic mass is 9.99. The number of benzene rings is 2. The second-order valence-corrected chi connectivity index (χ2v) is 12.6. The van der Waals surface area contributed by atoms with E-state index in [2.05, 4.69) is 14.5 Å². The summed E-state index contributed by atoms with van der Waals surface area (Å²) in [6.45, 7) is 2.86. The van der Waals surface area contributed by atoms with Crippen LogP contribution < -0.4 is 4.74 Å². The SMILES string of the molecule is Cc1noc(C)c1-c1ccc2c(c1)nc(C(C)Cc1ccc(OC(F)F)c(Cl)c1)n2C1CCS(=O)(=O)CC1. The van der Waals surface area contributed by atoms with E-state index in [1.807, 2.05) is 39.0 Å². The summed E-state index contributed by atoms with van der Waals surface area (Å²) in [6.07, 6.45) is 1.59. The van der Waals surface area contributed by atoms with Crippen molar-refractivity contribution in [1.29, 1.82) is 0 Å². The number of fused-ring (bicyclic) bond motifs is 1. The lowest BCUT2D eigenvalue weighted by Crippen LogP contribution is -2.27. The highest BCUT2D eigenvalue weighted by atomic mass is 35.5. The molecule has 0 aliphatic carbocycles. The Morgan fingerprint density at radius 2 is 1.89 bits per heavy atom. The summed E-state index contributed by atoms with van der Waals surface area (Å²) in [5.74, 6) is 1.71. The second-order valence-electron chi connectivity index (χ2n) is 9.87. The average Bonchev–Trinajstić information content (AvgIpc) is 3.39. The molecule has 0 radical (unpaired) electrons. The zero-order valence-electron chi connectivity index (χ0n) is 21.2. The maximum Gasteiger partial charge on any atom is 0.387 e. The van der Waals surface area contributed by atoms with Crippen LogP contribution in [-0.4, -0.2) is 41.2 Å². The maximum atomic E-state index is 12.6. The van der Waals surface area contributed by atoms with Crippen LogP contribution in [-0.2, 0) is 16.3 Å². The molecule has 11 heteroatoms. The number of rotatable bonds is 7. The number of aromatic nitrogens is 3. The molecular formula is C27H28ClF2N3O4S. The lowest BCUT2D eigenvalue weighted by Gasteiger charge is -2.27. The van der Waals surface area contributed by atoms with Crippen LogP contribution in [0.5, 0.6) is 5.75 Å². The van der Waals surface area contributed by atoms with Crippen LogP contribution in [0, 0.1) is 13.8 Å². The van der Waals surface area contributed by atoms with Crippen LogP contribution in [0.4, 0.5) is 8.78 Å². The van der Waals surface area contributed by atoms with Crippen molar-refractivity contribution in [3.63, 3.8) is 0 Å². The molecule has 2 aromatic heterocycles. The van der Waals surface area contributed by atoms with Crippen molar-refractivity contribution in [3.8, 4) is 16.9 Å². The smallest absolute Gasteiger partial charge is 0.387 e. The molecule has 0 amide bonds. The average molecular weight is 564 g/mol. The van der Waals surface area contributed by atoms with Gasteiger partial charge in [0.1, 0.15) is 27.2 Å². The third-order valence-corrected chi connectivity index (χ3v) is 9.13. The fourth-order valence-electron chi connectivity index (χ4n) is 5.34. The van der Waals surface area contributed by atoms with Crippen molar-refractivity contribution in [2.24, 2.45) is 0 Å². The van der Waals surface area contributed by atoms with E-state index in [1.165, 1.54) is 6.07 Å². The maximum absolute atomic E-state index is 12.6. The predicted octanol–water partition coefficient (Wildman–Crippen LogP) is 6.66. The highest BCUT2D eigenvalue weighted by molar-refractivity contribution is 7.91. The van der Waals surface area contributed by atoms with Crippen molar-refractivity contribution in [1.82, 2.24) is 14.7 Å². The largest absolute Gasteiger partial charge is 0.433 e. The van der Waals surface area contributed by atoms with Gasteiger partial charge in [0.05, 0.1) is 33.3 Å². The standard InChI is InChI=1S/C27H28ClF2N3O4S/c1-15(12-18-4-7-24(21(28)13-18)36-27(29)30)26-31-22-14-19(25-16(2)32-37-17(25)3)5-6-23(22)33(26)20-8-10-38(34,35)11-9-20/h4-7,13-15,20,27H,8-12H2,1-3H3. The molecule has 1 fully saturated rings. The van der Waals surface area contributed by atoms with Gasteiger partial charge in [-0.1, -0.05) is 35.8 Å². The van der Waals surface area contributed by atoms with Crippen molar-refractivity contribution in [3.05, 3.63) is 64.3 Å². The van der Waals surface area contributed by atoms with E-state index in [4.69, 9.17) is 21.1 Å². The van der Waals surface area contributed by atoms with Crippen LogP contribution >= 0.6 is 11.6 Å². The van der Waals surface area contributed by atoms with Gasteiger partial charge < -0.3 is 13.8 Å². The molecule has 7 nitrogen and oxygen atoms in total. The van der Waals surface area contributed by atoms with Gasteiger partial charge in [-0.05, 0) is 68.5 Å². The summed E-state index contributed by atoms with van der Waals surface area (Å²) in [4.78, 5) is 5.04. The van der Waals surface area contributed by atoms with Crippen LogP contribution in [0.25, 0.3) is 22.2 Å². The molecule has 1 aliphatic rings. The number of hydrogen-bond donors (Lipinski definition) is 0. The Kier molecular flexibility index (Phi) is 7.21. The minimum absolute atomic E-state index is 0.00343. The van der Waals surface area contributed by atoms with Gasteiger partial charge in [0.2, 0.25) is 0 Å². The molecule has 0 N–H and O–H groups in total. The Morgan fingerprint density at radius 3 is 2.53 bits per heavy atom. The first-order valence-corrected chi connectivity index (χ1v) is 14.6. The number of aryl methyl sites for hydroxylation is 2. The van der Waals surface area contributed by atoms with E-state index in [0.717, 1.165) is 45.0 Å². The number of hydrogen-bond acceptors (Lipinski definition) is 6. The summed E-state index contributed by atoms with van der Waals surface area (Å²) in [7, 11) is -3.04. The Balaban J connectivity index is 1.54. The first-order valence-electron chi connectivity index (χ1n) is 12.4. The van der Waals surface area contributed by atoms with Gasteiger partial charge in [-0.2, -0.15) is 8.78 Å². The molecule has 1 unspecified atom stereocenters. The monoisotopic (exact) mass is 563 g/mol. The fourth-order valence-corrected chi connectivity index (χ4v) is 7.06. The summed E-state index contributed by atoms with van der Waals surface area (Å²) >= 11 is 6.19. The number of imidazole rings is 1. The van der Waals surface area contributed by atoms with Crippen LogP contribution in [0.2, 0.25) is 5.02 Å². The molecule has 4 aromatic rings. The van der Waals surface area contributed by atoms with Crippen molar-refractivity contribution in [2.45, 2.75) is 58.6 Å². The van der Waals surface area contributed by atoms with Crippen molar-refractivity contribution in [2.75, 3.05) is 11.5 Å². The highest BCUT2D eigenvalue weighted by Gasteiger charge is 2.29. The molecule has 2 aromatic carbocycles. The van der Waals surface area contributed by atoms with Crippen molar-refractivity contribution >= 4 is 32.5 Å². The number of sulfone groups is 1. The van der Waals surface area contributed by atoms with E-state index in [1.54, 1.807) is 12.1 Å². The molecule has 202 valence electrons. The van der Waals surface area contributed by atoms with E-state index in [0.29, 0.717) is 19.3 Å². The molecule has 1 aliphatic heterocycles. The first-order chi connectivity index (χ1) is 18.0. The number of ether oxygens (including phenoxy) is 1. The van der Waals surface area contributed by atoms with Crippen LogP contribution in [0.15, 0.2) is 40.9 Å². The van der Waals surface area contributed by atoms with E-state index >= 15 is 0 Å². The molecule has 0 bridgehead atoms.